The molecule has 1 amide bonds. The van der Waals surface area contributed by atoms with Crippen LogP contribution in [0.1, 0.15) is 25.3 Å². The first-order valence-electron chi connectivity index (χ1n) is 8.22. The molecule has 1 atom stereocenters. The highest BCUT2D eigenvalue weighted by atomic mass is 32.2. The number of hydrogen-bond donors (Lipinski definition) is 1. The molecular formula is C16H19N7OS2. The van der Waals surface area contributed by atoms with Crippen molar-refractivity contribution in [1.29, 1.82) is 0 Å². The van der Waals surface area contributed by atoms with Gasteiger partial charge in [0.1, 0.15) is 5.01 Å². The molecule has 3 heterocycles. The summed E-state index contributed by atoms with van der Waals surface area (Å²) in [5.41, 5.74) is 0.882. The SMILES string of the molecule is CCc1nnc(NC(=O)[C@@H](CC)Sc2nnc(-c3cccnc3)n2C)s1. The Morgan fingerprint density at radius 2 is 2.15 bits per heavy atom. The van der Waals surface area contributed by atoms with Gasteiger partial charge in [0.05, 0.1) is 5.25 Å². The van der Waals surface area contributed by atoms with E-state index in [-0.39, 0.29) is 11.2 Å². The Kier molecular flexibility index (Phi) is 5.94. The van der Waals surface area contributed by atoms with Gasteiger partial charge in [-0.1, -0.05) is 36.9 Å². The van der Waals surface area contributed by atoms with E-state index in [2.05, 4.69) is 30.7 Å². The zero-order valence-electron chi connectivity index (χ0n) is 14.7. The first-order valence-corrected chi connectivity index (χ1v) is 9.91. The van der Waals surface area contributed by atoms with E-state index in [0.717, 1.165) is 17.0 Å². The summed E-state index contributed by atoms with van der Waals surface area (Å²) >= 11 is 2.78. The van der Waals surface area contributed by atoms with Crippen molar-refractivity contribution < 1.29 is 4.79 Å². The summed E-state index contributed by atoms with van der Waals surface area (Å²) in [6.07, 6.45) is 4.91. The Balaban J connectivity index is 1.72. The molecule has 3 aromatic rings. The summed E-state index contributed by atoms with van der Waals surface area (Å²) in [5.74, 6) is 0.606. The molecule has 0 bridgehead atoms. The van der Waals surface area contributed by atoms with E-state index in [0.29, 0.717) is 22.5 Å². The summed E-state index contributed by atoms with van der Waals surface area (Å²) in [6, 6.07) is 3.78. The number of aromatic nitrogens is 6. The number of thioether (sulfide) groups is 1. The maximum Gasteiger partial charge on any atom is 0.239 e. The van der Waals surface area contributed by atoms with E-state index >= 15 is 0 Å². The number of pyridine rings is 1. The summed E-state index contributed by atoms with van der Waals surface area (Å²) in [6.45, 7) is 3.97. The minimum atomic E-state index is -0.298. The fourth-order valence-electron chi connectivity index (χ4n) is 2.25. The molecule has 0 unspecified atom stereocenters. The van der Waals surface area contributed by atoms with Crippen molar-refractivity contribution in [3.05, 3.63) is 29.5 Å². The highest BCUT2D eigenvalue weighted by molar-refractivity contribution is 8.00. The van der Waals surface area contributed by atoms with Gasteiger partial charge < -0.3 is 4.57 Å². The van der Waals surface area contributed by atoms with Crippen LogP contribution >= 0.6 is 23.1 Å². The van der Waals surface area contributed by atoms with Crippen LogP contribution in [0.15, 0.2) is 29.7 Å². The van der Waals surface area contributed by atoms with Crippen LogP contribution in [-0.2, 0) is 18.3 Å². The number of amides is 1. The Morgan fingerprint density at radius 3 is 2.81 bits per heavy atom. The standard InChI is InChI=1S/C16H19N7OS2/c1-4-11(14(24)18-15-21-19-12(5-2)26-15)25-16-22-20-13(23(16)3)10-7-6-8-17-9-10/h6-9,11H,4-5H2,1-3H3,(H,18,21,24)/t11-/m1/s1. The van der Waals surface area contributed by atoms with Crippen molar-refractivity contribution in [2.45, 2.75) is 37.1 Å². The highest BCUT2D eigenvalue weighted by Gasteiger charge is 2.23. The van der Waals surface area contributed by atoms with Crippen molar-refractivity contribution in [2.24, 2.45) is 7.05 Å². The predicted molar refractivity (Wildman–Crippen MR) is 102 cm³/mol. The first-order chi connectivity index (χ1) is 12.6. The molecule has 8 nitrogen and oxygen atoms in total. The molecule has 0 aromatic carbocycles. The lowest BCUT2D eigenvalue weighted by Crippen LogP contribution is -2.25. The third-order valence-corrected chi connectivity index (χ3v) is 6.05. The Morgan fingerprint density at radius 1 is 1.31 bits per heavy atom. The molecule has 3 aromatic heterocycles. The molecule has 0 saturated heterocycles. The second-order valence-corrected chi connectivity index (χ2v) is 7.70. The van der Waals surface area contributed by atoms with Gasteiger partial charge in [-0.25, -0.2) is 0 Å². The fourth-order valence-corrected chi connectivity index (χ4v) is 3.85. The monoisotopic (exact) mass is 389 g/mol. The van der Waals surface area contributed by atoms with E-state index in [4.69, 9.17) is 0 Å². The van der Waals surface area contributed by atoms with Crippen molar-refractivity contribution in [2.75, 3.05) is 5.32 Å². The lowest BCUT2D eigenvalue weighted by Gasteiger charge is -2.12. The third-order valence-electron chi connectivity index (χ3n) is 3.66. The van der Waals surface area contributed by atoms with Crippen LogP contribution in [0.5, 0.6) is 0 Å². The largest absolute Gasteiger partial charge is 0.305 e. The van der Waals surface area contributed by atoms with Crippen LogP contribution in [0, 0.1) is 0 Å². The Hall–Kier alpha value is -2.33. The van der Waals surface area contributed by atoms with Crippen LogP contribution in [0.25, 0.3) is 11.4 Å². The van der Waals surface area contributed by atoms with Crippen molar-refractivity contribution in [3.63, 3.8) is 0 Å². The smallest absolute Gasteiger partial charge is 0.239 e. The van der Waals surface area contributed by atoms with Gasteiger partial charge in [-0.3, -0.25) is 15.1 Å². The number of anilines is 1. The van der Waals surface area contributed by atoms with Crippen LogP contribution in [-0.4, -0.2) is 41.1 Å². The van der Waals surface area contributed by atoms with E-state index in [1.807, 2.05) is 37.6 Å². The zero-order valence-corrected chi connectivity index (χ0v) is 16.3. The minimum absolute atomic E-state index is 0.109. The van der Waals surface area contributed by atoms with E-state index in [1.165, 1.54) is 23.1 Å². The van der Waals surface area contributed by atoms with E-state index in [1.54, 1.807) is 12.4 Å². The number of nitrogens with one attached hydrogen (secondary N) is 1. The van der Waals surface area contributed by atoms with E-state index < -0.39 is 0 Å². The summed E-state index contributed by atoms with van der Waals surface area (Å²) in [7, 11) is 1.88. The lowest BCUT2D eigenvalue weighted by molar-refractivity contribution is -0.115. The van der Waals surface area contributed by atoms with Gasteiger partial charge in [0.2, 0.25) is 11.0 Å². The van der Waals surface area contributed by atoms with Crippen LogP contribution in [0.4, 0.5) is 5.13 Å². The number of aryl methyl sites for hydroxylation is 1. The third kappa shape index (κ3) is 4.07. The zero-order chi connectivity index (χ0) is 18.5. The molecule has 0 saturated carbocycles. The maximum atomic E-state index is 12.6. The summed E-state index contributed by atoms with van der Waals surface area (Å²) in [4.78, 5) is 16.7. The highest BCUT2D eigenvalue weighted by Crippen LogP contribution is 2.28. The molecular weight excluding hydrogens is 370 g/mol. The Bertz CT molecular complexity index is 878. The normalized spacial score (nSPS) is 12.1. The van der Waals surface area contributed by atoms with E-state index in [9.17, 15) is 4.79 Å². The van der Waals surface area contributed by atoms with Crippen molar-refractivity contribution in [3.8, 4) is 11.4 Å². The van der Waals surface area contributed by atoms with Gasteiger partial charge in [-0.15, -0.1) is 20.4 Å². The summed E-state index contributed by atoms with van der Waals surface area (Å²) in [5, 5.41) is 21.1. The molecule has 0 aliphatic heterocycles. The summed E-state index contributed by atoms with van der Waals surface area (Å²) < 4.78 is 1.87. The number of carbonyl (C=O) groups is 1. The lowest BCUT2D eigenvalue weighted by atomic mass is 10.3. The molecule has 0 fully saturated rings. The predicted octanol–water partition coefficient (Wildman–Crippen LogP) is 2.80. The molecule has 26 heavy (non-hydrogen) atoms. The quantitative estimate of drug-likeness (QED) is 0.620. The molecule has 136 valence electrons. The molecule has 0 aliphatic rings. The minimum Gasteiger partial charge on any atom is -0.305 e. The molecule has 3 rings (SSSR count). The fraction of sp³-hybridized carbons (Fsp3) is 0.375. The number of rotatable bonds is 7. The maximum absolute atomic E-state index is 12.6. The molecule has 10 heteroatoms. The van der Waals surface area contributed by atoms with Gasteiger partial charge >= 0.3 is 0 Å². The molecule has 0 spiro atoms. The number of nitrogens with zero attached hydrogens (tertiary/aromatic N) is 6. The van der Waals surface area contributed by atoms with Crippen molar-refractivity contribution in [1.82, 2.24) is 29.9 Å². The topological polar surface area (TPSA) is 98.5 Å². The van der Waals surface area contributed by atoms with Gasteiger partial charge in [-0.2, -0.15) is 0 Å². The Labute approximate surface area is 159 Å². The molecule has 1 N–H and O–H groups in total. The van der Waals surface area contributed by atoms with Crippen LogP contribution in [0.2, 0.25) is 0 Å². The van der Waals surface area contributed by atoms with Gasteiger partial charge in [0.15, 0.2) is 11.0 Å². The average molecular weight is 390 g/mol. The average Bonchev–Trinajstić information content (AvgIpc) is 3.26. The second-order valence-electron chi connectivity index (χ2n) is 5.47. The number of carbonyl (C=O) groups excluding carboxylic acids is 1. The molecule has 0 aliphatic carbocycles. The van der Waals surface area contributed by atoms with Crippen molar-refractivity contribution >= 4 is 34.1 Å². The van der Waals surface area contributed by atoms with Crippen LogP contribution in [0.3, 0.4) is 0 Å². The second kappa shape index (κ2) is 8.37. The molecule has 0 radical (unpaired) electrons. The van der Waals surface area contributed by atoms with Gasteiger partial charge in [0.25, 0.3) is 0 Å². The van der Waals surface area contributed by atoms with Gasteiger partial charge in [0, 0.05) is 25.0 Å². The number of hydrogen-bond acceptors (Lipinski definition) is 8. The van der Waals surface area contributed by atoms with Crippen LogP contribution < -0.4 is 5.32 Å². The van der Waals surface area contributed by atoms with Gasteiger partial charge in [-0.05, 0) is 25.0 Å². The first kappa shape index (κ1) is 18.5.